The van der Waals surface area contributed by atoms with E-state index < -0.39 is 0 Å². The first-order valence-electron chi connectivity index (χ1n) is 11.0. The van der Waals surface area contributed by atoms with Gasteiger partial charge in [-0.3, -0.25) is 9.59 Å². The van der Waals surface area contributed by atoms with Crippen LogP contribution in [0.2, 0.25) is 0 Å². The molecule has 0 aromatic heterocycles. The molecular weight excluding hydrogens is 364 g/mol. The van der Waals surface area contributed by atoms with Crippen molar-refractivity contribution >= 4 is 17.5 Å². The third-order valence-corrected chi connectivity index (χ3v) is 6.31. The van der Waals surface area contributed by atoms with E-state index in [2.05, 4.69) is 26.1 Å². The van der Waals surface area contributed by atoms with Gasteiger partial charge in [-0.05, 0) is 75.1 Å². The van der Waals surface area contributed by atoms with Crippen LogP contribution in [0.25, 0.3) is 0 Å². The first-order valence-corrected chi connectivity index (χ1v) is 11.0. The highest BCUT2D eigenvalue weighted by Gasteiger charge is 2.37. The third-order valence-electron chi connectivity index (χ3n) is 6.31. The molecule has 1 aromatic rings. The minimum Gasteiger partial charge on any atom is -0.491 e. The molecule has 2 fully saturated rings. The molecule has 0 unspecified atom stereocenters. The normalized spacial score (nSPS) is 25.4. The number of carbonyl (C=O) groups is 2. The van der Waals surface area contributed by atoms with Crippen molar-refractivity contribution in [3.63, 3.8) is 0 Å². The Bertz CT molecular complexity index is 713. The maximum atomic E-state index is 12.8. The number of hydrogen-bond donors (Lipinski definition) is 1. The first kappa shape index (κ1) is 21.7. The summed E-state index contributed by atoms with van der Waals surface area (Å²) >= 11 is 0. The molecule has 29 heavy (non-hydrogen) atoms. The van der Waals surface area contributed by atoms with Crippen LogP contribution in [0.15, 0.2) is 24.3 Å². The van der Waals surface area contributed by atoms with Crippen molar-refractivity contribution in [2.24, 2.45) is 17.3 Å². The second kappa shape index (κ2) is 8.76. The average Bonchev–Trinajstić information content (AvgIpc) is 3.03. The van der Waals surface area contributed by atoms with Crippen LogP contribution >= 0.6 is 0 Å². The van der Waals surface area contributed by atoms with Crippen molar-refractivity contribution in [1.82, 2.24) is 5.32 Å². The van der Waals surface area contributed by atoms with Crippen LogP contribution in [0.1, 0.15) is 66.7 Å². The van der Waals surface area contributed by atoms with Crippen molar-refractivity contribution in [2.45, 2.75) is 78.9 Å². The lowest BCUT2D eigenvalue weighted by Gasteiger charge is -2.37. The average molecular weight is 401 g/mol. The summed E-state index contributed by atoms with van der Waals surface area (Å²) in [5, 5.41) is 3.22. The molecule has 1 N–H and O–H groups in total. The monoisotopic (exact) mass is 400 g/mol. The number of hydrogen-bond acceptors (Lipinski definition) is 3. The fourth-order valence-corrected chi connectivity index (χ4v) is 4.53. The Morgan fingerprint density at radius 3 is 2.28 bits per heavy atom. The van der Waals surface area contributed by atoms with Gasteiger partial charge in [-0.2, -0.15) is 0 Å². The van der Waals surface area contributed by atoms with Gasteiger partial charge < -0.3 is 15.0 Å². The molecule has 1 atom stereocenters. The molecule has 160 valence electrons. The maximum Gasteiger partial charge on any atom is 0.227 e. The summed E-state index contributed by atoms with van der Waals surface area (Å²) < 4.78 is 5.66. The quantitative estimate of drug-likeness (QED) is 0.789. The first-order chi connectivity index (χ1) is 13.6. The molecule has 3 rings (SSSR count). The number of carbonyl (C=O) groups excluding carboxylic acids is 2. The molecule has 0 radical (unpaired) electrons. The van der Waals surface area contributed by atoms with Gasteiger partial charge in [0.2, 0.25) is 11.8 Å². The number of amides is 2. The molecule has 2 aliphatic rings. The lowest BCUT2D eigenvalue weighted by molar-refractivity contribution is -0.127. The van der Waals surface area contributed by atoms with Crippen molar-refractivity contribution in [3.05, 3.63) is 24.3 Å². The summed E-state index contributed by atoms with van der Waals surface area (Å²) in [5.74, 6) is 1.28. The van der Waals surface area contributed by atoms with E-state index >= 15 is 0 Å². The van der Waals surface area contributed by atoms with Crippen molar-refractivity contribution in [2.75, 3.05) is 11.4 Å². The van der Waals surface area contributed by atoms with Gasteiger partial charge in [-0.15, -0.1) is 0 Å². The second-order valence-electron chi connectivity index (χ2n) is 9.99. The molecule has 1 saturated carbocycles. The number of benzene rings is 1. The molecule has 1 aliphatic heterocycles. The SMILES string of the molecule is CC(C)Oc1ccc(N2C[C@H](C(=O)NC3CCC(C(C)(C)C)CC3)CC2=O)cc1. The molecule has 0 bridgehead atoms. The van der Waals surface area contributed by atoms with E-state index in [9.17, 15) is 9.59 Å². The lowest BCUT2D eigenvalue weighted by Crippen LogP contribution is -2.42. The molecule has 5 heteroatoms. The fourth-order valence-electron chi connectivity index (χ4n) is 4.53. The molecule has 1 saturated heterocycles. The van der Waals surface area contributed by atoms with Gasteiger partial charge in [0.25, 0.3) is 0 Å². The number of nitrogens with one attached hydrogen (secondary N) is 1. The van der Waals surface area contributed by atoms with Gasteiger partial charge >= 0.3 is 0 Å². The zero-order chi connectivity index (χ0) is 21.2. The van der Waals surface area contributed by atoms with E-state index in [0.717, 1.165) is 43.0 Å². The van der Waals surface area contributed by atoms with Gasteiger partial charge in [0.05, 0.1) is 12.0 Å². The Hall–Kier alpha value is -2.04. The Morgan fingerprint density at radius 2 is 1.72 bits per heavy atom. The predicted octanol–water partition coefficient (Wildman–Crippen LogP) is 4.55. The molecule has 0 spiro atoms. The Kier molecular flexibility index (Phi) is 6.55. The minimum atomic E-state index is -0.269. The van der Waals surface area contributed by atoms with Crippen molar-refractivity contribution in [1.29, 1.82) is 0 Å². The Morgan fingerprint density at radius 1 is 1.10 bits per heavy atom. The van der Waals surface area contributed by atoms with Gasteiger partial charge in [0.1, 0.15) is 5.75 Å². The number of anilines is 1. The van der Waals surface area contributed by atoms with Crippen LogP contribution in [0.4, 0.5) is 5.69 Å². The largest absolute Gasteiger partial charge is 0.491 e. The van der Waals surface area contributed by atoms with E-state index in [-0.39, 0.29) is 36.3 Å². The highest BCUT2D eigenvalue weighted by Crippen LogP contribution is 2.38. The number of ether oxygens (including phenoxy) is 1. The Labute approximate surface area is 175 Å². The van der Waals surface area contributed by atoms with Crippen LogP contribution in [0.5, 0.6) is 5.75 Å². The zero-order valence-corrected chi connectivity index (χ0v) is 18.5. The van der Waals surface area contributed by atoms with E-state index in [1.807, 2.05) is 38.1 Å². The summed E-state index contributed by atoms with van der Waals surface area (Å²) in [4.78, 5) is 27.0. The van der Waals surface area contributed by atoms with Gasteiger partial charge in [-0.25, -0.2) is 0 Å². The fraction of sp³-hybridized carbons (Fsp3) is 0.667. The highest BCUT2D eigenvalue weighted by atomic mass is 16.5. The smallest absolute Gasteiger partial charge is 0.227 e. The molecule has 5 nitrogen and oxygen atoms in total. The van der Waals surface area contributed by atoms with Gasteiger partial charge in [0.15, 0.2) is 0 Å². The van der Waals surface area contributed by atoms with Crippen LogP contribution in [0.3, 0.4) is 0 Å². The van der Waals surface area contributed by atoms with Crippen LogP contribution < -0.4 is 15.0 Å². The Balaban J connectivity index is 1.53. The van der Waals surface area contributed by atoms with Crippen molar-refractivity contribution < 1.29 is 14.3 Å². The standard InChI is InChI=1S/C24H36N2O3/c1-16(2)29-21-12-10-20(11-13-21)26-15-17(14-22(26)27)23(28)25-19-8-6-18(7-9-19)24(3,4)5/h10-13,16-19H,6-9,14-15H2,1-5H3,(H,25,28)/t17-,18?,19?/m1/s1. The third kappa shape index (κ3) is 5.52. The van der Waals surface area contributed by atoms with Crippen LogP contribution in [-0.2, 0) is 9.59 Å². The summed E-state index contributed by atoms with van der Waals surface area (Å²) in [5.41, 5.74) is 1.16. The van der Waals surface area contributed by atoms with E-state index in [0.29, 0.717) is 12.0 Å². The minimum absolute atomic E-state index is 0.0131. The molecular formula is C24H36N2O3. The number of nitrogens with zero attached hydrogens (tertiary/aromatic N) is 1. The highest BCUT2D eigenvalue weighted by molar-refractivity contribution is 6.00. The van der Waals surface area contributed by atoms with Gasteiger partial charge in [0, 0.05) is 24.7 Å². The second-order valence-corrected chi connectivity index (χ2v) is 9.99. The molecule has 2 amide bonds. The summed E-state index contributed by atoms with van der Waals surface area (Å²) in [7, 11) is 0. The topological polar surface area (TPSA) is 58.6 Å². The molecule has 1 aliphatic carbocycles. The van der Waals surface area contributed by atoms with E-state index in [4.69, 9.17) is 4.74 Å². The van der Waals surface area contributed by atoms with Crippen LogP contribution in [-0.4, -0.2) is 30.5 Å². The molecule has 1 aromatic carbocycles. The predicted molar refractivity (Wildman–Crippen MR) is 116 cm³/mol. The van der Waals surface area contributed by atoms with E-state index in [1.54, 1.807) is 4.90 Å². The number of rotatable bonds is 5. The zero-order valence-electron chi connectivity index (χ0n) is 18.5. The van der Waals surface area contributed by atoms with E-state index in [1.165, 1.54) is 0 Å². The maximum absolute atomic E-state index is 12.8. The van der Waals surface area contributed by atoms with Gasteiger partial charge in [-0.1, -0.05) is 20.8 Å². The van der Waals surface area contributed by atoms with Crippen LogP contribution in [0, 0.1) is 17.3 Å². The summed E-state index contributed by atoms with van der Waals surface area (Å²) in [6, 6.07) is 7.79. The molecule has 1 heterocycles. The van der Waals surface area contributed by atoms with Crippen molar-refractivity contribution in [3.8, 4) is 5.75 Å². The lowest BCUT2D eigenvalue weighted by atomic mass is 9.71. The summed E-state index contributed by atoms with van der Waals surface area (Å²) in [6.07, 6.45) is 4.79. The summed E-state index contributed by atoms with van der Waals surface area (Å²) in [6.45, 7) is 11.3.